The average Bonchev–Trinajstić information content (AvgIpc) is 3.47. The van der Waals surface area contributed by atoms with E-state index in [1.165, 1.54) is 30.2 Å². The van der Waals surface area contributed by atoms with Crippen molar-refractivity contribution in [2.45, 2.75) is 17.1 Å². The van der Waals surface area contributed by atoms with E-state index in [0.29, 0.717) is 27.7 Å². The highest BCUT2D eigenvalue weighted by Gasteiger charge is 2.18. The molecule has 0 aliphatic rings. The number of ether oxygens (including phenoxy) is 1. The van der Waals surface area contributed by atoms with Crippen LogP contribution in [0.4, 0.5) is 11.4 Å². The Morgan fingerprint density at radius 2 is 1.70 bits per heavy atom. The van der Waals surface area contributed by atoms with E-state index in [9.17, 15) is 14.4 Å². The van der Waals surface area contributed by atoms with Gasteiger partial charge < -0.3 is 20.7 Å². The Morgan fingerprint density at radius 3 is 2.38 bits per heavy atom. The lowest BCUT2D eigenvalue weighted by Crippen LogP contribution is -2.30. The van der Waals surface area contributed by atoms with Gasteiger partial charge in [-0.05, 0) is 79.0 Å². The molecule has 0 aliphatic heterocycles. The molecule has 0 fully saturated rings. The Bertz CT molecular complexity index is 1510. The summed E-state index contributed by atoms with van der Waals surface area (Å²) in [4.78, 5) is 40.3. The van der Waals surface area contributed by atoms with Gasteiger partial charge in [-0.3, -0.25) is 14.4 Å². The summed E-state index contributed by atoms with van der Waals surface area (Å²) >= 11 is 8.88. The molecule has 0 spiro atoms. The number of amides is 3. The summed E-state index contributed by atoms with van der Waals surface area (Å²) in [6.07, 6.45) is 1.64. The third kappa shape index (κ3) is 7.98. The predicted molar refractivity (Wildman–Crippen MR) is 163 cm³/mol. The third-order valence-electron chi connectivity index (χ3n) is 5.57. The number of anilines is 2. The summed E-state index contributed by atoms with van der Waals surface area (Å²) in [7, 11) is 1.52. The van der Waals surface area contributed by atoms with Crippen LogP contribution in [0.2, 0.25) is 5.02 Å². The third-order valence-corrected chi connectivity index (χ3v) is 7.74. The van der Waals surface area contributed by atoms with Gasteiger partial charge in [0.05, 0.1) is 18.0 Å². The molecule has 0 saturated carbocycles. The highest BCUT2D eigenvalue weighted by atomic mass is 35.5. The van der Waals surface area contributed by atoms with Gasteiger partial charge in [0.1, 0.15) is 11.4 Å². The molecule has 0 radical (unpaired) electrons. The lowest BCUT2D eigenvalue weighted by molar-refractivity contribution is -0.115. The van der Waals surface area contributed by atoms with Gasteiger partial charge in [0.25, 0.3) is 11.8 Å². The van der Waals surface area contributed by atoms with Gasteiger partial charge in [0.15, 0.2) is 0 Å². The van der Waals surface area contributed by atoms with Crippen molar-refractivity contribution in [3.8, 4) is 5.75 Å². The van der Waals surface area contributed by atoms with E-state index in [0.717, 1.165) is 9.77 Å². The van der Waals surface area contributed by atoms with Crippen molar-refractivity contribution >= 4 is 69.9 Å². The monoisotopic (exact) mass is 591 g/mol. The molecule has 1 atom stereocenters. The Balaban J connectivity index is 1.40. The molecule has 0 aliphatic carbocycles. The summed E-state index contributed by atoms with van der Waals surface area (Å²) in [5.74, 6) is -0.530. The largest absolute Gasteiger partial charge is 0.495 e. The van der Waals surface area contributed by atoms with Gasteiger partial charge in [0, 0.05) is 26.0 Å². The number of hydrogen-bond donors (Lipinski definition) is 3. The molecule has 7 nitrogen and oxygen atoms in total. The second-order valence-corrected chi connectivity index (χ2v) is 11.3. The first-order chi connectivity index (χ1) is 19.3. The van der Waals surface area contributed by atoms with Crippen LogP contribution in [0.3, 0.4) is 0 Å². The molecule has 4 rings (SSSR count). The second-order valence-electron chi connectivity index (χ2n) is 8.47. The van der Waals surface area contributed by atoms with Gasteiger partial charge in [0.2, 0.25) is 5.91 Å². The molecular weight excluding hydrogens is 566 g/mol. The Hall–Kier alpha value is -4.05. The maximum atomic E-state index is 13.1. The molecule has 3 amide bonds. The van der Waals surface area contributed by atoms with Crippen LogP contribution in [0.25, 0.3) is 6.08 Å². The SMILES string of the molecule is COc1ccc(Cl)cc1NC(=O)C(C)Sc1ccc(NC(=O)/C(=C/c2cccs2)NC(=O)c2ccccc2)cc1. The fourth-order valence-corrected chi connectivity index (χ4v) is 5.24. The zero-order valence-electron chi connectivity index (χ0n) is 21.6. The quantitative estimate of drug-likeness (QED) is 0.137. The number of carbonyl (C=O) groups is 3. The molecule has 204 valence electrons. The van der Waals surface area contributed by atoms with Crippen molar-refractivity contribution in [2.75, 3.05) is 17.7 Å². The zero-order chi connectivity index (χ0) is 28.5. The summed E-state index contributed by atoms with van der Waals surface area (Å²) < 4.78 is 5.29. The number of methoxy groups -OCH3 is 1. The number of carbonyl (C=O) groups excluding carboxylic acids is 3. The van der Waals surface area contributed by atoms with Crippen molar-refractivity contribution in [2.24, 2.45) is 0 Å². The van der Waals surface area contributed by atoms with Crippen LogP contribution in [0.15, 0.2) is 101 Å². The van der Waals surface area contributed by atoms with E-state index in [2.05, 4.69) is 16.0 Å². The maximum absolute atomic E-state index is 13.1. The fourth-order valence-electron chi connectivity index (χ4n) is 3.54. The second kappa shape index (κ2) is 13.8. The summed E-state index contributed by atoms with van der Waals surface area (Å²) in [5, 5.41) is 10.4. The average molecular weight is 592 g/mol. The highest BCUT2D eigenvalue weighted by molar-refractivity contribution is 8.00. The minimum atomic E-state index is -0.457. The van der Waals surface area contributed by atoms with Crippen LogP contribution in [0.5, 0.6) is 5.75 Å². The molecule has 1 heterocycles. The van der Waals surface area contributed by atoms with Crippen LogP contribution in [-0.4, -0.2) is 30.1 Å². The summed E-state index contributed by atoms with van der Waals surface area (Å²) in [6, 6.07) is 24.6. The van der Waals surface area contributed by atoms with Crippen molar-refractivity contribution in [1.82, 2.24) is 5.32 Å². The first-order valence-electron chi connectivity index (χ1n) is 12.2. The van der Waals surface area contributed by atoms with E-state index in [1.54, 1.807) is 67.6 Å². The van der Waals surface area contributed by atoms with Crippen LogP contribution in [0, 0.1) is 0 Å². The molecule has 3 aromatic carbocycles. The molecule has 1 unspecified atom stereocenters. The van der Waals surface area contributed by atoms with Gasteiger partial charge in [-0.15, -0.1) is 23.1 Å². The predicted octanol–water partition coefficient (Wildman–Crippen LogP) is 6.94. The van der Waals surface area contributed by atoms with Gasteiger partial charge in [-0.25, -0.2) is 0 Å². The van der Waals surface area contributed by atoms with Crippen molar-refractivity contribution < 1.29 is 19.1 Å². The van der Waals surface area contributed by atoms with Crippen molar-refractivity contribution in [1.29, 1.82) is 0 Å². The smallest absolute Gasteiger partial charge is 0.272 e. The van der Waals surface area contributed by atoms with Crippen LogP contribution >= 0.6 is 34.7 Å². The number of halogens is 1. The molecule has 3 N–H and O–H groups in total. The number of rotatable bonds is 10. The van der Waals surface area contributed by atoms with Gasteiger partial charge in [-0.2, -0.15) is 0 Å². The normalized spacial score (nSPS) is 11.8. The van der Waals surface area contributed by atoms with Crippen LogP contribution in [0.1, 0.15) is 22.2 Å². The first-order valence-corrected chi connectivity index (χ1v) is 14.3. The van der Waals surface area contributed by atoms with E-state index in [1.807, 2.05) is 35.7 Å². The van der Waals surface area contributed by atoms with E-state index >= 15 is 0 Å². The topological polar surface area (TPSA) is 96.5 Å². The molecule has 1 aromatic heterocycles. The van der Waals surface area contributed by atoms with Crippen molar-refractivity contribution in [3.63, 3.8) is 0 Å². The molecule has 40 heavy (non-hydrogen) atoms. The van der Waals surface area contributed by atoms with E-state index < -0.39 is 11.2 Å². The molecule has 4 aromatic rings. The molecular formula is C30H26ClN3O4S2. The summed E-state index contributed by atoms with van der Waals surface area (Å²) in [6.45, 7) is 1.80. The number of thioether (sulfide) groups is 1. The first kappa shape index (κ1) is 28.9. The van der Waals surface area contributed by atoms with E-state index in [-0.39, 0.29) is 17.5 Å². The maximum Gasteiger partial charge on any atom is 0.272 e. The lowest BCUT2D eigenvalue weighted by atomic mass is 10.2. The van der Waals surface area contributed by atoms with E-state index in [4.69, 9.17) is 16.3 Å². The number of nitrogens with one attached hydrogen (secondary N) is 3. The number of hydrogen-bond acceptors (Lipinski definition) is 6. The minimum absolute atomic E-state index is 0.122. The molecule has 10 heteroatoms. The molecule has 0 bridgehead atoms. The highest BCUT2D eigenvalue weighted by Crippen LogP contribution is 2.30. The fraction of sp³-hybridized carbons (Fsp3) is 0.100. The van der Waals surface area contributed by atoms with Crippen LogP contribution < -0.4 is 20.7 Å². The Kier molecular flexibility index (Phi) is 10.0. The van der Waals surface area contributed by atoms with Crippen LogP contribution in [-0.2, 0) is 9.59 Å². The summed E-state index contributed by atoms with van der Waals surface area (Å²) in [5.41, 5.74) is 1.61. The van der Waals surface area contributed by atoms with Gasteiger partial charge in [-0.1, -0.05) is 35.9 Å². The standard InChI is InChI=1S/C30H26ClN3O4S2/c1-19(28(35)33-25-17-21(31)10-15-27(25)38-2)40-23-13-11-22(12-14-23)32-30(37)26(18-24-9-6-16-39-24)34-29(36)20-7-4-3-5-8-20/h3-19H,1-2H3,(H,32,37)(H,33,35)(H,34,36)/b26-18-. The Labute approximate surface area is 245 Å². The zero-order valence-corrected chi connectivity index (χ0v) is 24.0. The van der Waals surface area contributed by atoms with Crippen molar-refractivity contribution in [3.05, 3.63) is 111 Å². The number of benzene rings is 3. The lowest BCUT2D eigenvalue weighted by Gasteiger charge is -2.15. The minimum Gasteiger partial charge on any atom is -0.495 e. The van der Waals surface area contributed by atoms with Gasteiger partial charge >= 0.3 is 0 Å². The Morgan fingerprint density at radius 1 is 0.950 bits per heavy atom. The number of thiophene rings is 1. The molecule has 0 saturated heterocycles.